The number of rotatable bonds is 2. The Morgan fingerprint density at radius 2 is 1.33 bits per heavy atom. The fraction of sp³-hybridized carbons (Fsp3) is 0.333. The average Bonchev–Trinajstić information content (AvgIpc) is 2.43. The summed E-state index contributed by atoms with van der Waals surface area (Å²) in [6.45, 7) is 0. The van der Waals surface area contributed by atoms with Crippen LogP contribution in [0.4, 0.5) is 0 Å². The number of para-hydroxylation sites is 2. The summed E-state index contributed by atoms with van der Waals surface area (Å²) >= 11 is 7.51. The van der Waals surface area contributed by atoms with Crippen LogP contribution in [0, 0.1) is 0 Å². The van der Waals surface area contributed by atoms with Gasteiger partial charge in [0.1, 0.15) is 10.1 Å². The maximum absolute atomic E-state index is 4.74. The summed E-state index contributed by atoms with van der Waals surface area (Å²) in [4.78, 5) is 9.48. The van der Waals surface area contributed by atoms with Gasteiger partial charge in [-0.3, -0.25) is 0 Å². The molecular formula is C12H12N2S4. The van der Waals surface area contributed by atoms with E-state index < -0.39 is 0 Å². The molecule has 18 heavy (non-hydrogen) atoms. The van der Waals surface area contributed by atoms with Crippen LogP contribution in [0.25, 0.3) is 11.0 Å². The highest BCUT2D eigenvalue weighted by molar-refractivity contribution is 8.24. The Morgan fingerprint density at radius 1 is 0.889 bits per heavy atom. The zero-order valence-corrected chi connectivity index (χ0v) is 13.3. The van der Waals surface area contributed by atoms with Crippen molar-refractivity contribution in [2.45, 2.75) is 19.2 Å². The van der Waals surface area contributed by atoms with Crippen LogP contribution in [0.5, 0.6) is 0 Å². The van der Waals surface area contributed by atoms with Crippen molar-refractivity contribution in [1.29, 1.82) is 0 Å². The number of aromatic nitrogens is 2. The van der Waals surface area contributed by atoms with Crippen LogP contribution in [0.2, 0.25) is 0 Å². The van der Waals surface area contributed by atoms with Crippen molar-refractivity contribution >= 4 is 58.1 Å². The minimum absolute atomic E-state index is 0.549. The standard InChI is InChI=1S/C12H12N2S4/c1-15-11-12(16-2)18-10-9(17-11)13-7-5-3-4-6-8(7)14-10/h3-6,11-12H,1-2H3. The molecule has 0 aliphatic carbocycles. The Hall–Kier alpha value is -0.0400. The number of hydrogen-bond acceptors (Lipinski definition) is 6. The molecule has 0 N–H and O–H groups in total. The Labute approximate surface area is 123 Å². The van der Waals surface area contributed by atoms with Gasteiger partial charge in [-0.25, -0.2) is 9.97 Å². The molecule has 2 heterocycles. The van der Waals surface area contributed by atoms with Gasteiger partial charge in [0.25, 0.3) is 0 Å². The Bertz CT molecular complexity index is 525. The van der Waals surface area contributed by atoms with Crippen LogP contribution in [-0.4, -0.2) is 31.6 Å². The number of thioether (sulfide) groups is 4. The van der Waals surface area contributed by atoms with Gasteiger partial charge in [0, 0.05) is 0 Å². The summed E-state index contributed by atoms with van der Waals surface area (Å²) in [5.41, 5.74) is 1.98. The predicted molar refractivity (Wildman–Crippen MR) is 85.9 cm³/mol. The smallest absolute Gasteiger partial charge is 0.130 e. The Balaban J connectivity index is 2.06. The molecule has 2 aromatic rings. The molecule has 2 nitrogen and oxygen atoms in total. The zero-order valence-electron chi connectivity index (χ0n) is 9.99. The van der Waals surface area contributed by atoms with Crippen molar-refractivity contribution in [2.24, 2.45) is 0 Å². The summed E-state index contributed by atoms with van der Waals surface area (Å²) in [5.74, 6) is 0. The van der Waals surface area contributed by atoms with Crippen LogP contribution in [0.15, 0.2) is 34.3 Å². The van der Waals surface area contributed by atoms with Crippen molar-refractivity contribution in [3.63, 3.8) is 0 Å². The van der Waals surface area contributed by atoms with E-state index >= 15 is 0 Å². The lowest BCUT2D eigenvalue weighted by atomic mass is 10.3. The lowest BCUT2D eigenvalue weighted by Gasteiger charge is -2.28. The maximum Gasteiger partial charge on any atom is 0.130 e. The number of fused-ring (bicyclic) bond motifs is 2. The normalized spacial score (nSPS) is 23.0. The van der Waals surface area contributed by atoms with Gasteiger partial charge in [0.05, 0.1) is 20.2 Å². The summed E-state index contributed by atoms with van der Waals surface area (Å²) < 4.78 is 1.10. The van der Waals surface area contributed by atoms with E-state index in [9.17, 15) is 0 Å². The summed E-state index contributed by atoms with van der Waals surface area (Å²) in [7, 11) is 0. The van der Waals surface area contributed by atoms with E-state index in [1.165, 1.54) is 0 Å². The molecule has 0 amide bonds. The Morgan fingerprint density at radius 3 is 1.72 bits per heavy atom. The molecule has 1 aliphatic heterocycles. The highest BCUT2D eigenvalue weighted by Gasteiger charge is 2.31. The first-order valence-electron chi connectivity index (χ1n) is 5.47. The van der Waals surface area contributed by atoms with Gasteiger partial charge in [-0.05, 0) is 24.6 Å². The highest BCUT2D eigenvalue weighted by atomic mass is 32.2. The third-order valence-electron chi connectivity index (χ3n) is 2.65. The Kier molecular flexibility index (Phi) is 3.98. The third-order valence-corrected chi connectivity index (χ3v) is 8.70. The van der Waals surface area contributed by atoms with Crippen LogP contribution in [0.3, 0.4) is 0 Å². The largest absolute Gasteiger partial charge is 0.237 e. The van der Waals surface area contributed by atoms with E-state index in [4.69, 9.17) is 9.97 Å². The zero-order chi connectivity index (χ0) is 12.5. The molecule has 0 radical (unpaired) electrons. The molecule has 1 aromatic carbocycles. The van der Waals surface area contributed by atoms with Crippen LogP contribution in [0.1, 0.15) is 0 Å². The minimum Gasteiger partial charge on any atom is -0.237 e. The van der Waals surface area contributed by atoms with E-state index in [0.29, 0.717) is 9.16 Å². The van der Waals surface area contributed by atoms with Gasteiger partial charge in [-0.15, -0.1) is 23.5 Å². The SMILES string of the molecule is CSC1Sc2nc3ccccc3nc2SC1SC. The summed E-state index contributed by atoms with van der Waals surface area (Å²) in [6, 6.07) is 8.09. The molecule has 94 valence electrons. The lowest BCUT2D eigenvalue weighted by Crippen LogP contribution is -2.17. The van der Waals surface area contributed by atoms with E-state index in [1.54, 1.807) is 0 Å². The van der Waals surface area contributed by atoms with E-state index in [0.717, 1.165) is 21.1 Å². The first-order valence-corrected chi connectivity index (χ1v) is 9.81. The quantitative estimate of drug-likeness (QED) is 0.824. The van der Waals surface area contributed by atoms with Crippen molar-refractivity contribution < 1.29 is 0 Å². The average molecular weight is 313 g/mol. The molecule has 6 heteroatoms. The van der Waals surface area contributed by atoms with Gasteiger partial charge < -0.3 is 0 Å². The van der Waals surface area contributed by atoms with Crippen molar-refractivity contribution in [3.8, 4) is 0 Å². The number of hydrogen-bond donors (Lipinski definition) is 0. The second kappa shape index (κ2) is 5.53. The van der Waals surface area contributed by atoms with Crippen LogP contribution in [-0.2, 0) is 0 Å². The molecular weight excluding hydrogens is 300 g/mol. The fourth-order valence-electron chi connectivity index (χ4n) is 1.77. The van der Waals surface area contributed by atoms with Crippen molar-refractivity contribution in [2.75, 3.05) is 12.5 Å². The highest BCUT2D eigenvalue weighted by Crippen LogP contribution is 2.50. The molecule has 0 spiro atoms. The molecule has 0 fully saturated rings. The fourth-order valence-corrected chi connectivity index (χ4v) is 7.08. The maximum atomic E-state index is 4.74. The van der Waals surface area contributed by atoms with Gasteiger partial charge in [-0.2, -0.15) is 0 Å². The molecule has 2 unspecified atom stereocenters. The molecule has 1 aromatic heterocycles. The molecule has 0 saturated carbocycles. The second-order valence-electron chi connectivity index (χ2n) is 3.77. The van der Waals surface area contributed by atoms with Crippen LogP contribution >= 0.6 is 47.0 Å². The van der Waals surface area contributed by atoms with Gasteiger partial charge in [-0.1, -0.05) is 35.7 Å². The number of nitrogens with zero attached hydrogens (tertiary/aromatic N) is 2. The van der Waals surface area contributed by atoms with Gasteiger partial charge >= 0.3 is 0 Å². The molecule has 1 aliphatic rings. The van der Waals surface area contributed by atoms with E-state index in [1.807, 2.05) is 71.3 Å². The van der Waals surface area contributed by atoms with Gasteiger partial charge in [0.2, 0.25) is 0 Å². The molecule has 0 bridgehead atoms. The van der Waals surface area contributed by atoms with Crippen LogP contribution < -0.4 is 0 Å². The molecule has 2 atom stereocenters. The second-order valence-corrected chi connectivity index (χ2v) is 8.58. The third kappa shape index (κ3) is 2.35. The summed E-state index contributed by atoms with van der Waals surface area (Å²) in [5, 5.41) is 2.17. The van der Waals surface area contributed by atoms with E-state index in [-0.39, 0.29) is 0 Å². The minimum atomic E-state index is 0.549. The van der Waals surface area contributed by atoms with Crippen molar-refractivity contribution in [1.82, 2.24) is 9.97 Å². The molecule has 0 saturated heterocycles. The van der Waals surface area contributed by atoms with Crippen molar-refractivity contribution in [3.05, 3.63) is 24.3 Å². The number of benzene rings is 1. The topological polar surface area (TPSA) is 25.8 Å². The lowest BCUT2D eigenvalue weighted by molar-refractivity contribution is 0.956. The van der Waals surface area contributed by atoms with Gasteiger partial charge in [0.15, 0.2) is 0 Å². The predicted octanol–water partition coefficient (Wildman–Crippen LogP) is 4.21. The van der Waals surface area contributed by atoms with E-state index in [2.05, 4.69) is 12.5 Å². The molecule has 3 rings (SSSR count). The first kappa shape index (κ1) is 13.0. The first-order chi connectivity index (χ1) is 8.81. The summed E-state index contributed by atoms with van der Waals surface area (Å²) in [6.07, 6.45) is 4.34. The monoisotopic (exact) mass is 312 g/mol.